The minimum Gasteiger partial charge on any atom is -0.388 e. The molecule has 0 aromatic heterocycles. The summed E-state index contributed by atoms with van der Waals surface area (Å²) in [6, 6.07) is 0. The Labute approximate surface area is 110 Å². The summed E-state index contributed by atoms with van der Waals surface area (Å²) < 4.78 is 6.15. The summed E-state index contributed by atoms with van der Waals surface area (Å²) in [6.07, 6.45) is 3.01. The van der Waals surface area contributed by atoms with Crippen LogP contribution in [0.4, 0.5) is 0 Å². The Morgan fingerprint density at radius 2 is 1.88 bits per heavy atom. The standard InChI is InChI=1S/C14H26O2S/c1-10-14(15,7-6-8-17-10)11-9-12(2,3)16-13(11,4)5/h10-11,15H,6-9H2,1-5H3. The zero-order chi connectivity index (χ0) is 12.9. The van der Waals surface area contributed by atoms with Crippen molar-refractivity contribution in [2.45, 2.75) is 75.9 Å². The molecular weight excluding hydrogens is 232 g/mol. The van der Waals surface area contributed by atoms with E-state index in [1.807, 2.05) is 11.8 Å². The van der Waals surface area contributed by atoms with Crippen LogP contribution in [0.25, 0.3) is 0 Å². The van der Waals surface area contributed by atoms with Crippen molar-refractivity contribution in [3.8, 4) is 0 Å². The van der Waals surface area contributed by atoms with Crippen molar-refractivity contribution in [1.82, 2.24) is 0 Å². The van der Waals surface area contributed by atoms with E-state index < -0.39 is 5.60 Å². The molecule has 100 valence electrons. The van der Waals surface area contributed by atoms with E-state index >= 15 is 0 Å². The third-order valence-electron chi connectivity index (χ3n) is 4.47. The van der Waals surface area contributed by atoms with E-state index in [4.69, 9.17) is 4.74 Å². The smallest absolute Gasteiger partial charge is 0.0819 e. The predicted octanol–water partition coefficient (Wildman–Crippen LogP) is 3.23. The molecule has 2 nitrogen and oxygen atoms in total. The lowest BCUT2D eigenvalue weighted by molar-refractivity contribution is -0.116. The molecule has 0 spiro atoms. The maximum atomic E-state index is 11.1. The van der Waals surface area contributed by atoms with Crippen LogP contribution in [-0.4, -0.2) is 32.9 Å². The van der Waals surface area contributed by atoms with Crippen LogP contribution in [0.15, 0.2) is 0 Å². The van der Waals surface area contributed by atoms with Crippen molar-refractivity contribution in [1.29, 1.82) is 0 Å². The highest BCUT2D eigenvalue weighted by atomic mass is 32.2. The molecule has 0 bridgehead atoms. The van der Waals surface area contributed by atoms with E-state index in [1.165, 1.54) is 5.75 Å². The summed E-state index contributed by atoms with van der Waals surface area (Å²) in [4.78, 5) is 0. The molecule has 0 radical (unpaired) electrons. The van der Waals surface area contributed by atoms with Gasteiger partial charge in [0.15, 0.2) is 0 Å². The average molecular weight is 258 g/mol. The van der Waals surface area contributed by atoms with Crippen LogP contribution >= 0.6 is 11.8 Å². The van der Waals surface area contributed by atoms with Gasteiger partial charge in [-0.05, 0) is 52.7 Å². The number of aliphatic hydroxyl groups is 1. The molecule has 2 aliphatic heterocycles. The highest BCUT2D eigenvalue weighted by molar-refractivity contribution is 8.00. The maximum absolute atomic E-state index is 11.1. The molecular formula is C14H26O2S. The van der Waals surface area contributed by atoms with Gasteiger partial charge in [-0.1, -0.05) is 6.92 Å². The first-order valence-corrected chi connectivity index (χ1v) is 7.76. The van der Waals surface area contributed by atoms with Crippen molar-refractivity contribution in [2.75, 3.05) is 5.75 Å². The Bertz CT molecular complexity index is 301. The van der Waals surface area contributed by atoms with E-state index in [0.29, 0.717) is 5.25 Å². The number of hydrogen-bond donors (Lipinski definition) is 1. The molecule has 3 heteroatoms. The number of hydrogen-bond acceptors (Lipinski definition) is 3. The molecule has 17 heavy (non-hydrogen) atoms. The molecule has 0 aromatic carbocycles. The molecule has 0 aliphatic carbocycles. The highest BCUT2D eigenvalue weighted by Gasteiger charge is 2.57. The van der Waals surface area contributed by atoms with Crippen molar-refractivity contribution in [2.24, 2.45) is 5.92 Å². The van der Waals surface area contributed by atoms with Gasteiger partial charge >= 0.3 is 0 Å². The fourth-order valence-electron chi connectivity index (χ4n) is 3.76. The monoisotopic (exact) mass is 258 g/mol. The van der Waals surface area contributed by atoms with Gasteiger partial charge < -0.3 is 9.84 Å². The lowest BCUT2D eigenvalue weighted by Gasteiger charge is -2.46. The van der Waals surface area contributed by atoms with Gasteiger partial charge in [-0.3, -0.25) is 0 Å². The van der Waals surface area contributed by atoms with E-state index in [0.717, 1.165) is 19.3 Å². The molecule has 0 saturated carbocycles. The Balaban J connectivity index is 2.26. The number of thioether (sulfide) groups is 1. The van der Waals surface area contributed by atoms with E-state index in [-0.39, 0.29) is 17.1 Å². The van der Waals surface area contributed by atoms with Gasteiger partial charge in [0.1, 0.15) is 0 Å². The van der Waals surface area contributed by atoms with Crippen LogP contribution in [0.1, 0.15) is 53.9 Å². The summed E-state index contributed by atoms with van der Waals surface area (Å²) in [6.45, 7) is 10.7. The number of ether oxygens (including phenoxy) is 1. The molecule has 0 aromatic rings. The molecule has 2 fully saturated rings. The first-order chi connectivity index (χ1) is 7.67. The second kappa shape index (κ2) is 4.14. The summed E-state index contributed by atoms with van der Waals surface area (Å²) in [5.74, 6) is 1.42. The molecule has 2 saturated heterocycles. The van der Waals surface area contributed by atoms with Crippen LogP contribution < -0.4 is 0 Å². The van der Waals surface area contributed by atoms with Gasteiger partial charge in [0, 0.05) is 11.2 Å². The fourth-order valence-corrected chi connectivity index (χ4v) is 5.00. The average Bonchev–Trinajstić information content (AvgIpc) is 2.40. The van der Waals surface area contributed by atoms with Gasteiger partial charge in [-0.2, -0.15) is 11.8 Å². The summed E-state index contributed by atoms with van der Waals surface area (Å²) in [7, 11) is 0. The van der Waals surface area contributed by atoms with Crippen molar-refractivity contribution in [3.63, 3.8) is 0 Å². The van der Waals surface area contributed by atoms with Gasteiger partial charge in [-0.15, -0.1) is 0 Å². The summed E-state index contributed by atoms with van der Waals surface area (Å²) >= 11 is 1.91. The van der Waals surface area contributed by atoms with Crippen molar-refractivity contribution < 1.29 is 9.84 Å². The predicted molar refractivity (Wildman–Crippen MR) is 73.5 cm³/mol. The topological polar surface area (TPSA) is 29.5 Å². The van der Waals surface area contributed by atoms with Crippen molar-refractivity contribution >= 4 is 11.8 Å². The lowest BCUT2D eigenvalue weighted by Crippen LogP contribution is -2.53. The minimum atomic E-state index is -0.555. The second-order valence-corrected chi connectivity index (χ2v) is 8.28. The van der Waals surface area contributed by atoms with Crippen molar-refractivity contribution in [3.05, 3.63) is 0 Å². The summed E-state index contributed by atoms with van der Waals surface area (Å²) in [5.41, 5.74) is -0.879. The van der Waals surface area contributed by atoms with Gasteiger partial charge in [-0.25, -0.2) is 0 Å². The minimum absolute atomic E-state index is 0.105. The molecule has 2 aliphatic rings. The Morgan fingerprint density at radius 1 is 1.24 bits per heavy atom. The normalized spacial score (nSPS) is 44.8. The van der Waals surface area contributed by atoms with Gasteiger partial charge in [0.2, 0.25) is 0 Å². The third-order valence-corrected chi connectivity index (χ3v) is 5.90. The fraction of sp³-hybridized carbons (Fsp3) is 1.00. The van der Waals surface area contributed by atoms with Crippen LogP contribution in [0.2, 0.25) is 0 Å². The second-order valence-electron chi connectivity index (χ2n) is 6.83. The van der Waals surface area contributed by atoms with Gasteiger partial charge in [0.05, 0.1) is 16.8 Å². The zero-order valence-electron chi connectivity index (χ0n) is 11.7. The molecule has 2 heterocycles. The van der Waals surface area contributed by atoms with E-state index in [9.17, 15) is 5.11 Å². The highest BCUT2D eigenvalue weighted by Crippen LogP contribution is 2.52. The first kappa shape index (κ1) is 13.7. The Hall–Kier alpha value is 0.270. The van der Waals surface area contributed by atoms with E-state index in [1.54, 1.807) is 0 Å². The molecule has 3 atom stereocenters. The Kier molecular flexibility index (Phi) is 3.34. The van der Waals surface area contributed by atoms with E-state index in [2.05, 4.69) is 34.6 Å². The van der Waals surface area contributed by atoms with Crippen LogP contribution in [0, 0.1) is 5.92 Å². The first-order valence-electron chi connectivity index (χ1n) is 6.71. The lowest BCUT2D eigenvalue weighted by atomic mass is 9.71. The molecule has 2 rings (SSSR count). The van der Waals surface area contributed by atoms with Crippen LogP contribution in [-0.2, 0) is 4.74 Å². The summed E-state index contributed by atoms with van der Waals surface area (Å²) in [5, 5.41) is 11.4. The quantitative estimate of drug-likeness (QED) is 0.783. The molecule has 3 unspecified atom stereocenters. The molecule has 1 N–H and O–H groups in total. The third kappa shape index (κ3) is 2.39. The Morgan fingerprint density at radius 3 is 2.35 bits per heavy atom. The maximum Gasteiger partial charge on any atom is 0.0819 e. The largest absolute Gasteiger partial charge is 0.388 e. The zero-order valence-corrected chi connectivity index (χ0v) is 12.6. The SMILES string of the molecule is CC1SCCCC1(O)C1CC(C)(C)OC1(C)C. The number of rotatable bonds is 1. The molecule has 0 amide bonds. The van der Waals surface area contributed by atoms with Crippen LogP contribution in [0.3, 0.4) is 0 Å². The van der Waals surface area contributed by atoms with Crippen LogP contribution in [0.5, 0.6) is 0 Å². The van der Waals surface area contributed by atoms with Gasteiger partial charge in [0.25, 0.3) is 0 Å².